The molecule has 0 aliphatic heterocycles. The van der Waals surface area contributed by atoms with Crippen LogP contribution in [0.15, 0.2) is 47.7 Å². The predicted octanol–water partition coefficient (Wildman–Crippen LogP) is 0.898. The Morgan fingerprint density at radius 1 is 1.15 bits per heavy atom. The van der Waals surface area contributed by atoms with Crippen LogP contribution < -0.4 is 10.9 Å². The fourth-order valence-corrected chi connectivity index (χ4v) is 1.52. The molecule has 0 saturated heterocycles. The van der Waals surface area contributed by atoms with E-state index >= 15 is 0 Å². The summed E-state index contributed by atoms with van der Waals surface area (Å²) in [5, 5.41) is 12.3. The topological polar surface area (TPSA) is 107 Å². The van der Waals surface area contributed by atoms with Crippen LogP contribution in [0.4, 0.5) is 0 Å². The summed E-state index contributed by atoms with van der Waals surface area (Å²) in [6.45, 7) is 0. The lowest BCUT2D eigenvalue weighted by atomic mass is 10.1. The van der Waals surface area contributed by atoms with Crippen molar-refractivity contribution in [3.05, 3.63) is 59.4 Å². The number of rotatable bonds is 4. The first-order valence-corrected chi connectivity index (χ1v) is 5.72. The molecule has 0 atom stereocenters. The van der Waals surface area contributed by atoms with Crippen molar-refractivity contribution in [3.8, 4) is 0 Å². The number of aromatic amines is 1. The van der Waals surface area contributed by atoms with Gasteiger partial charge < -0.3 is 4.98 Å². The lowest BCUT2D eigenvalue weighted by Crippen LogP contribution is -2.21. The van der Waals surface area contributed by atoms with Gasteiger partial charge in [-0.25, -0.2) is 10.9 Å². The van der Waals surface area contributed by atoms with Crippen LogP contribution in [0, 0.1) is 0 Å². The molecular weight excluding hydrogens is 260 g/mol. The summed E-state index contributed by atoms with van der Waals surface area (Å²) in [5.41, 5.74) is 5.02. The van der Waals surface area contributed by atoms with Crippen molar-refractivity contribution in [2.24, 2.45) is 5.10 Å². The van der Waals surface area contributed by atoms with Crippen LogP contribution in [0.1, 0.15) is 26.4 Å². The van der Waals surface area contributed by atoms with E-state index in [9.17, 15) is 9.59 Å². The van der Waals surface area contributed by atoms with E-state index in [1.54, 1.807) is 18.3 Å². The van der Waals surface area contributed by atoms with Crippen molar-refractivity contribution in [2.75, 3.05) is 0 Å². The van der Waals surface area contributed by atoms with Gasteiger partial charge in [0.2, 0.25) is 0 Å². The number of amides is 2. The zero-order valence-corrected chi connectivity index (χ0v) is 10.3. The van der Waals surface area contributed by atoms with E-state index in [2.05, 4.69) is 15.5 Å². The van der Waals surface area contributed by atoms with Gasteiger partial charge in [0.05, 0.1) is 11.9 Å². The Hall–Kier alpha value is -2.93. The highest BCUT2D eigenvalue weighted by Gasteiger charge is 2.09. The Morgan fingerprint density at radius 2 is 1.90 bits per heavy atom. The first kappa shape index (κ1) is 13.5. The van der Waals surface area contributed by atoms with Gasteiger partial charge in [0, 0.05) is 17.3 Å². The van der Waals surface area contributed by atoms with Gasteiger partial charge in [-0.05, 0) is 30.3 Å². The maximum Gasteiger partial charge on any atom is 0.274 e. The highest BCUT2D eigenvalue weighted by molar-refractivity contribution is 5.99. The minimum atomic E-state index is -0.686. The Bertz CT molecular complexity index is 635. The molecule has 0 unspecified atom stereocenters. The third-order valence-electron chi connectivity index (χ3n) is 2.48. The minimum Gasteiger partial charge on any atom is -0.360 e. The number of nitrogens with zero attached hydrogens (tertiary/aromatic N) is 1. The second-order valence-electron chi connectivity index (χ2n) is 3.85. The van der Waals surface area contributed by atoms with E-state index < -0.39 is 11.8 Å². The molecule has 102 valence electrons. The van der Waals surface area contributed by atoms with Gasteiger partial charge >= 0.3 is 0 Å². The van der Waals surface area contributed by atoms with Gasteiger partial charge in [-0.1, -0.05) is 6.07 Å². The Labute approximate surface area is 114 Å². The number of hydroxylamine groups is 1. The number of carbonyl (C=O) groups is 2. The second kappa shape index (κ2) is 6.30. The summed E-state index contributed by atoms with van der Waals surface area (Å²) in [6, 6.07) is 9.50. The molecule has 0 saturated carbocycles. The van der Waals surface area contributed by atoms with Gasteiger partial charge in [-0.15, -0.1) is 0 Å². The fraction of sp³-hybridized carbons (Fsp3) is 0. The van der Waals surface area contributed by atoms with Crippen molar-refractivity contribution in [3.63, 3.8) is 0 Å². The first-order valence-electron chi connectivity index (χ1n) is 5.72. The molecule has 2 rings (SSSR count). The molecule has 0 fully saturated rings. The molecule has 7 heteroatoms. The number of carbonyl (C=O) groups excluding carboxylic acids is 2. The predicted molar refractivity (Wildman–Crippen MR) is 71.5 cm³/mol. The SMILES string of the molecule is O=C(NO)c1cccc(C(=O)N/N=C/c2ccc[nH]2)c1. The third-order valence-corrected chi connectivity index (χ3v) is 2.48. The van der Waals surface area contributed by atoms with E-state index in [4.69, 9.17) is 5.21 Å². The molecule has 0 radical (unpaired) electrons. The third kappa shape index (κ3) is 3.30. The highest BCUT2D eigenvalue weighted by atomic mass is 16.5. The smallest absolute Gasteiger partial charge is 0.274 e. The van der Waals surface area contributed by atoms with E-state index in [0.29, 0.717) is 0 Å². The highest BCUT2D eigenvalue weighted by Crippen LogP contribution is 2.05. The van der Waals surface area contributed by atoms with E-state index in [1.807, 2.05) is 0 Å². The van der Waals surface area contributed by atoms with Gasteiger partial charge in [0.15, 0.2) is 0 Å². The first-order chi connectivity index (χ1) is 9.70. The summed E-state index contributed by atoms with van der Waals surface area (Å²) in [4.78, 5) is 25.9. The van der Waals surface area contributed by atoms with E-state index in [0.717, 1.165) is 5.69 Å². The summed E-state index contributed by atoms with van der Waals surface area (Å²) >= 11 is 0. The maximum atomic E-state index is 11.8. The molecule has 20 heavy (non-hydrogen) atoms. The molecule has 0 aliphatic rings. The normalized spacial score (nSPS) is 10.4. The van der Waals surface area contributed by atoms with Gasteiger partial charge in [-0.3, -0.25) is 14.8 Å². The summed E-state index contributed by atoms with van der Waals surface area (Å²) in [6.07, 6.45) is 3.20. The molecule has 2 aromatic rings. The van der Waals surface area contributed by atoms with Crippen LogP contribution in [-0.2, 0) is 0 Å². The minimum absolute atomic E-state index is 0.175. The molecule has 1 heterocycles. The van der Waals surface area contributed by atoms with Crippen LogP contribution >= 0.6 is 0 Å². The molecule has 0 aliphatic carbocycles. The average molecular weight is 272 g/mol. The lowest BCUT2D eigenvalue weighted by Gasteiger charge is -2.02. The van der Waals surface area contributed by atoms with E-state index in [1.165, 1.54) is 36.0 Å². The van der Waals surface area contributed by atoms with E-state index in [-0.39, 0.29) is 11.1 Å². The fourth-order valence-electron chi connectivity index (χ4n) is 1.52. The van der Waals surface area contributed by atoms with Crippen LogP contribution in [0.3, 0.4) is 0 Å². The lowest BCUT2D eigenvalue weighted by molar-refractivity contribution is 0.0706. The molecule has 7 nitrogen and oxygen atoms in total. The summed E-state index contributed by atoms with van der Waals surface area (Å²) in [5.74, 6) is -1.14. The molecular formula is C13H12N4O3. The number of nitrogens with one attached hydrogen (secondary N) is 3. The number of hydrazone groups is 1. The van der Waals surface area contributed by atoms with Gasteiger partial charge in [0.1, 0.15) is 0 Å². The number of H-pyrrole nitrogens is 1. The quantitative estimate of drug-likeness (QED) is 0.377. The van der Waals surface area contributed by atoms with Crippen LogP contribution in [0.2, 0.25) is 0 Å². The molecule has 4 N–H and O–H groups in total. The Morgan fingerprint density at radius 3 is 2.55 bits per heavy atom. The van der Waals surface area contributed by atoms with Gasteiger partial charge in [0.25, 0.3) is 11.8 Å². The molecule has 1 aromatic carbocycles. The van der Waals surface area contributed by atoms with Gasteiger partial charge in [-0.2, -0.15) is 5.10 Å². The van der Waals surface area contributed by atoms with Crippen LogP contribution in [-0.4, -0.2) is 28.2 Å². The van der Waals surface area contributed by atoms with Crippen molar-refractivity contribution in [2.45, 2.75) is 0 Å². The summed E-state index contributed by atoms with van der Waals surface area (Å²) in [7, 11) is 0. The monoisotopic (exact) mass is 272 g/mol. The standard InChI is InChI=1S/C13H12N4O3/c18-12(16-15-8-11-5-2-6-14-11)9-3-1-4-10(7-9)13(19)17-20/h1-8,14,20H,(H,16,18)(H,17,19)/b15-8+. The Kier molecular flexibility index (Phi) is 4.25. The molecule has 0 spiro atoms. The largest absolute Gasteiger partial charge is 0.360 e. The molecule has 1 aromatic heterocycles. The van der Waals surface area contributed by atoms with Crippen molar-refractivity contribution in [1.29, 1.82) is 0 Å². The van der Waals surface area contributed by atoms with Crippen molar-refractivity contribution < 1.29 is 14.8 Å². The Balaban J connectivity index is 2.04. The number of benzene rings is 1. The maximum absolute atomic E-state index is 11.8. The van der Waals surface area contributed by atoms with Crippen molar-refractivity contribution >= 4 is 18.0 Å². The zero-order valence-electron chi connectivity index (χ0n) is 10.3. The van der Waals surface area contributed by atoms with Crippen LogP contribution in [0.25, 0.3) is 0 Å². The summed E-state index contributed by atoms with van der Waals surface area (Å²) < 4.78 is 0. The molecule has 2 amide bonds. The molecule has 0 bridgehead atoms. The second-order valence-corrected chi connectivity index (χ2v) is 3.85. The van der Waals surface area contributed by atoms with Crippen LogP contribution in [0.5, 0.6) is 0 Å². The number of hydrogen-bond donors (Lipinski definition) is 4. The zero-order chi connectivity index (χ0) is 14.4. The van der Waals surface area contributed by atoms with Crippen molar-refractivity contribution in [1.82, 2.24) is 15.9 Å². The number of hydrogen-bond acceptors (Lipinski definition) is 4. The average Bonchev–Trinajstić information content (AvgIpc) is 2.99. The number of aromatic nitrogens is 1.